The first-order chi connectivity index (χ1) is 15.2. The van der Waals surface area contributed by atoms with E-state index in [1.54, 1.807) is 0 Å². The molecular formula is C26H41ClO5. The maximum Gasteiger partial charge on any atom is 0.509 e. The maximum absolute atomic E-state index is 11.7. The molecule has 32 heavy (non-hydrogen) atoms. The van der Waals surface area contributed by atoms with Gasteiger partial charge in [0.2, 0.25) is 0 Å². The largest absolute Gasteiger partial charge is 0.509 e. The molecule has 0 amide bonds. The molecule has 9 atom stereocenters. The summed E-state index contributed by atoms with van der Waals surface area (Å²) in [4.78, 5) is 22.9. The van der Waals surface area contributed by atoms with Gasteiger partial charge in [-0.2, -0.15) is 0 Å². The third-order valence-corrected chi connectivity index (χ3v) is 10.7. The highest BCUT2D eigenvalue weighted by molar-refractivity contribution is 6.17. The van der Waals surface area contributed by atoms with Gasteiger partial charge in [0.1, 0.15) is 6.10 Å². The third kappa shape index (κ3) is 4.28. The van der Waals surface area contributed by atoms with Crippen molar-refractivity contribution >= 4 is 23.7 Å². The van der Waals surface area contributed by atoms with E-state index in [0.717, 1.165) is 43.4 Å². The quantitative estimate of drug-likeness (QED) is 0.340. The molecule has 0 radical (unpaired) electrons. The molecule has 0 aliphatic heterocycles. The monoisotopic (exact) mass is 468 g/mol. The summed E-state index contributed by atoms with van der Waals surface area (Å²) in [7, 11) is 0. The fourth-order valence-corrected chi connectivity index (χ4v) is 9.16. The van der Waals surface area contributed by atoms with Crippen molar-refractivity contribution in [2.75, 3.05) is 6.07 Å². The van der Waals surface area contributed by atoms with Gasteiger partial charge in [-0.1, -0.05) is 32.4 Å². The van der Waals surface area contributed by atoms with Gasteiger partial charge in [0.15, 0.2) is 6.07 Å². The molecule has 0 heterocycles. The Bertz CT molecular complexity index is 712. The minimum Gasteiger partial charge on any atom is -0.481 e. The Labute approximate surface area is 197 Å². The molecule has 6 heteroatoms. The number of alkyl halides is 1. The molecular weight excluding hydrogens is 428 g/mol. The van der Waals surface area contributed by atoms with Crippen LogP contribution in [-0.2, 0) is 14.3 Å². The molecule has 0 bridgehead atoms. The summed E-state index contributed by atoms with van der Waals surface area (Å²) < 4.78 is 10.3. The fourth-order valence-electron chi connectivity index (χ4n) is 9.07. The van der Waals surface area contributed by atoms with Gasteiger partial charge in [-0.3, -0.25) is 4.79 Å². The van der Waals surface area contributed by atoms with Crippen LogP contribution in [0.3, 0.4) is 0 Å². The molecule has 4 fully saturated rings. The maximum atomic E-state index is 11.7. The third-order valence-electron chi connectivity index (χ3n) is 10.6. The molecule has 5 nitrogen and oxygen atoms in total. The van der Waals surface area contributed by atoms with Crippen LogP contribution in [-0.4, -0.2) is 29.4 Å². The first-order valence-electron chi connectivity index (χ1n) is 12.8. The predicted molar refractivity (Wildman–Crippen MR) is 123 cm³/mol. The summed E-state index contributed by atoms with van der Waals surface area (Å²) in [6.07, 6.45) is 11.1. The molecule has 4 aliphatic rings. The zero-order chi connectivity index (χ0) is 23.1. The number of fused-ring (bicyclic) bond motifs is 5. The lowest BCUT2D eigenvalue weighted by Gasteiger charge is -2.61. The van der Waals surface area contributed by atoms with Crippen molar-refractivity contribution in [3.8, 4) is 0 Å². The lowest BCUT2D eigenvalue weighted by atomic mass is 9.44. The van der Waals surface area contributed by atoms with Crippen molar-refractivity contribution in [2.45, 2.75) is 97.5 Å². The first kappa shape index (κ1) is 24.2. The highest BCUT2D eigenvalue weighted by atomic mass is 35.5. The standard InChI is InChI=1S/C26H41ClO5/c1-16(4-9-23(28)29)20-7-8-21-19-6-5-17-14-18(32-24(30)31-15-27)10-12-25(17,2)22(19)11-13-26(20,21)3/h16-22H,4-15H2,1-3H3,(H,28,29)/t16?,17?,18-,19?,20?,21?,22?,25+,26-/m1/s1. The van der Waals surface area contributed by atoms with Gasteiger partial charge in [0, 0.05) is 6.42 Å². The molecule has 0 aromatic heterocycles. The predicted octanol–water partition coefficient (Wildman–Crippen LogP) is 6.86. The fraction of sp³-hybridized carbons (Fsp3) is 0.923. The number of hydrogen-bond acceptors (Lipinski definition) is 4. The number of hydrogen-bond donors (Lipinski definition) is 1. The number of carboxylic acid groups (broad SMARTS) is 1. The van der Waals surface area contributed by atoms with Crippen molar-refractivity contribution in [3.05, 3.63) is 0 Å². The Morgan fingerprint density at radius 1 is 1.03 bits per heavy atom. The number of carbonyl (C=O) groups excluding carboxylic acids is 1. The molecule has 0 aromatic carbocycles. The van der Waals surface area contributed by atoms with Crippen LogP contribution in [0.4, 0.5) is 4.79 Å². The van der Waals surface area contributed by atoms with Gasteiger partial charge in [0.05, 0.1) is 0 Å². The van der Waals surface area contributed by atoms with Crippen LogP contribution in [0.1, 0.15) is 91.4 Å². The highest BCUT2D eigenvalue weighted by Crippen LogP contribution is 2.68. The van der Waals surface area contributed by atoms with E-state index in [-0.39, 0.29) is 12.2 Å². The summed E-state index contributed by atoms with van der Waals surface area (Å²) in [5.41, 5.74) is 0.710. The van der Waals surface area contributed by atoms with Crippen LogP contribution in [0, 0.1) is 46.3 Å². The van der Waals surface area contributed by atoms with Crippen LogP contribution in [0.2, 0.25) is 0 Å². The van der Waals surface area contributed by atoms with E-state index >= 15 is 0 Å². The highest BCUT2D eigenvalue weighted by Gasteiger charge is 2.60. The van der Waals surface area contributed by atoms with Crippen molar-refractivity contribution in [1.29, 1.82) is 0 Å². The van der Waals surface area contributed by atoms with Gasteiger partial charge in [0.25, 0.3) is 0 Å². The van der Waals surface area contributed by atoms with Gasteiger partial charge in [-0.15, -0.1) is 0 Å². The number of rotatable bonds is 6. The zero-order valence-electron chi connectivity index (χ0n) is 20.0. The van der Waals surface area contributed by atoms with E-state index < -0.39 is 12.1 Å². The minimum atomic E-state index is -0.665. The Morgan fingerprint density at radius 3 is 2.47 bits per heavy atom. The first-order valence-corrected chi connectivity index (χ1v) is 13.3. The van der Waals surface area contributed by atoms with E-state index in [1.165, 1.54) is 38.5 Å². The van der Waals surface area contributed by atoms with Gasteiger partial charge < -0.3 is 14.6 Å². The molecule has 1 N–H and O–H groups in total. The topological polar surface area (TPSA) is 72.8 Å². The number of carboxylic acids is 1. The van der Waals surface area contributed by atoms with Crippen LogP contribution in [0.15, 0.2) is 0 Å². The molecule has 4 rings (SSSR count). The Morgan fingerprint density at radius 2 is 1.75 bits per heavy atom. The number of carbonyl (C=O) groups is 2. The average molecular weight is 469 g/mol. The Hall–Kier alpha value is -0.970. The summed E-state index contributed by atoms with van der Waals surface area (Å²) >= 11 is 5.49. The van der Waals surface area contributed by atoms with Gasteiger partial charge in [-0.05, 0) is 111 Å². The molecule has 6 unspecified atom stereocenters. The molecule has 4 aliphatic carbocycles. The second-order valence-electron chi connectivity index (χ2n) is 11.8. The van der Waals surface area contributed by atoms with Crippen LogP contribution < -0.4 is 0 Å². The lowest BCUT2D eigenvalue weighted by Crippen LogP contribution is -2.54. The van der Waals surface area contributed by atoms with E-state index in [4.69, 9.17) is 26.2 Å². The van der Waals surface area contributed by atoms with Crippen molar-refractivity contribution < 1.29 is 24.2 Å². The van der Waals surface area contributed by atoms with Crippen LogP contribution in [0.5, 0.6) is 0 Å². The Balaban J connectivity index is 1.43. The molecule has 4 saturated carbocycles. The van der Waals surface area contributed by atoms with Crippen molar-refractivity contribution in [2.24, 2.45) is 46.3 Å². The minimum absolute atomic E-state index is 0.0415. The van der Waals surface area contributed by atoms with Crippen molar-refractivity contribution in [1.82, 2.24) is 0 Å². The summed E-state index contributed by atoms with van der Waals surface area (Å²) in [5.74, 6) is 3.45. The molecule has 182 valence electrons. The second kappa shape index (κ2) is 9.35. The summed E-state index contributed by atoms with van der Waals surface area (Å²) in [5, 5.41) is 9.15. The number of halogens is 1. The normalized spacial score (nSPS) is 44.0. The van der Waals surface area contributed by atoms with E-state index in [1.807, 2.05) is 0 Å². The summed E-state index contributed by atoms with van der Waals surface area (Å²) in [6, 6.07) is -0.160. The smallest absolute Gasteiger partial charge is 0.481 e. The van der Waals surface area contributed by atoms with Crippen molar-refractivity contribution in [3.63, 3.8) is 0 Å². The van der Waals surface area contributed by atoms with E-state index in [9.17, 15) is 9.59 Å². The molecule has 0 saturated heterocycles. The van der Waals surface area contributed by atoms with Gasteiger partial charge >= 0.3 is 12.1 Å². The zero-order valence-corrected chi connectivity index (χ0v) is 20.7. The van der Waals surface area contributed by atoms with Crippen LogP contribution in [0.25, 0.3) is 0 Å². The van der Waals surface area contributed by atoms with Gasteiger partial charge in [-0.25, -0.2) is 4.79 Å². The average Bonchev–Trinajstić information content (AvgIpc) is 3.09. The van der Waals surface area contributed by atoms with E-state index in [2.05, 4.69) is 20.8 Å². The molecule has 0 aromatic rings. The molecule has 0 spiro atoms. The Kier molecular flexibility index (Phi) is 7.06. The second-order valence-corrected chi connectivity index (χ2v) is 12.0. The summed E-state index contributed by atoms with van der Waals surface area (Å²) in [6.45, 7) is 7.35. The number of aliphatic carboxylic acids is 1. The lowest BCUT2D eigenvalue weighted by molar-refractivity contribution is -0.138. The number of ether oxygens (including phenoxy) is 2. The van der Waals surface area contributed by atoms with E-state index in [0.29, 0.717) is 35.0 Å². The SMILES string of the molecule is CC(CCC(=O)O)C1CCC2C3CCC4C[C@H](OC(=O)OCCl)CC[C@]4(C)C3CC[C@]12C. The van der Waals surface area contributed by atoms with Crippen LogP contribution >= 0.6 is 11.6 Å².